The number of halogens is 1. The predicted molar refractivity (Wildman–Crippen MR) is 78.4 cm³/mol. The third-order valence-electron chi connectivity index (χ3n) is 2.88. The number of rotatable bonds is 5. The lowest BCUT2D eigenvalue weighted by Gasteiger charge is -2.25. The molecule has 0 aliphatic heterocycles. The molecule has 0 bridgehead atoms. The van der Waals surface area contributed by atoms with Crippen molar-refractivity contribution in [2.45, 2.75) is 39.7 Å². The minimum absolute atomic E-state index is 0.0386. The number of carboxylic acid groups (broad SMARTS) is 1. The molecule has 5 nitrogen and oxygen atoms in total. The normalized spacial score (nSPS) is 12.8. The van der Waals surface area contributed by atoms with Crippen molar-refractivity contribution in [2.75, 3.05) is 5.73 Å². The summed E-state index contributed by atoms with van der Waals surface area (Å²) in [7, 11) is 0. The Morgan fingerprint density at radius 1 is 1.38 bits per heavy atom. The van der Waals surface area contributed by atoms with Crippen LogP contribution >= 0.6 is 0 Å². The van der Waals surface area contributed by atoms with Gasteiger partial charge in [-0.3, -0.25) is 9.59 Å². The maximum atomic E-state index is 13.4. The lowest BCUT2D eigenvalue weighted by molar-refractivity contribution is -0.137. The summed E-state index contributed by atoms with van der Waals surface area (Å²) in [5.74, 6) is -2.18. The van der Waals surface area contributed by atoms with E-state index in [1.807, 2.05) is 20.8 Å². The lowest BCUT2D eigenvalue weighted by atomic mass is 9.87. The van der Waals surface area contributed by atoms with Crippen molar-refractivity contribution in [1.82, 2.24) is 5.32 Å². The minimum atomic E-state index is -0.993. The standard InChI is InChI=1S/C15H21FN2O3/c1-15(2,3)8-10(7-13(19)20)18-14(21)9-4-5-12(17)11(16)6-9/h4-6,10H,7-8,17H2,1-3H3,(H,18,21)(H,19,20). The van der Waals surface area contributed by atoms with Crippen LogP contribution in [0.15, 0.2) is 18.2 Å². The molecule has 0 fully saturated rings. The second-order valence-corrected chi connectivity index (χ2v) is 6.27. The maximum absolute atomic E-state index is 13.4. The SMILES string of the molecule is CC(C)(C)CC(CC(=O)O)NC(=O)c1ccc(N)c(F)c1. The zero-order chi connectivity index (χ0) is 16.2. The number of carboxylic acids is 1. The summed E-state index contributed by atoms with van der Waals surface area (Å²) in [6.07, 6.45) is 0.322. The first kappa shape index (κ1) is 16.9. The molecular formula is C15H21FN2O3. The van der Waals surface area contributed by atoms with Crippen LogP contribution in [-0.4, -0.2) is 23.0 Å². The van der Waals surface area contributed by atoms with Gasteiger partial charge in [-0.25, -0.2) is 4.39 Å². The fourth-order valence-corrected chi connectivity index (χ4v) is 2.06. The number of aliphatic carboxylic acids is 1. The Morgan fingerprint density at radius 3 is 2.48 bits per heavy atom. The van der Waals surface area contributed by atoms with Gasteiger partial charge >= 0.3 is 5.97 Å². The molecule has 116 valence electrons. The van der Waals surface area contributed by atoms with Gasteiger partial charge in [-0.2, -0.15) is 0 Å². The molecule has 0 aliphatic rings. The molecule has 1 rings (SSSR count). The number of anilines is 1. The Balaban J connectivity index is 2.83. The number of nitrogens with two attached hydrogens (primary N) is 1. The monoisotopic (exact) mass is 296 g/mol. The Hall–Kier alpha value is -2.11. The Labute approximate surface area is 123 Å². The summed E-state index contributed by atoms with van der Waals surface area (Å²) in [4.78, 5) is 23.0. The van der Waals surface area contributed by atoms with E-state index in [4.69, 9.17) is 10.8 Å². The Bertz CT molecular complexity index is 538. The maximum Gasteiger partial charge on any atom is 0.305 e. The third-order valence-corrected chi connectivity index (χ3v) is 2.88. The number of amides is 1. The van der Waals surface area contributed by atoms with E-state index < -0.39 is 23.7 Å². The van der Waals surface area contributed by atoms with Gasteiger partial charge < -0.3 is 16.2 Å². The van der Waals surface area contributed by atoms with Crippen molar-refractivity contribution in [1.29, 1.82) is 0 Å². The van der Waals surface area contributed by atoms with Gasteiger partial charge in [-0.15, -0.1) is 0 Å². The average molecular weight is 296 g/mol. The quantitative estimate of drug-likeness (QED) is 0.727. The fraction of sp³-hybridized carbons (Fsp3) is 0.467. The van der Waals surface area contributed by atoms with Crippen molar-refractivity contribution < 1.29 is 19.1 Å². The molecule has 1 atom stereocenters. The summed E-state index contributed by atoms with van der Waals surface area (Å²) in [5, 5.41) is 11.6. The highest BCUT2D eigenvalue weighted by atomic mass is 19.1. The van der Waals surface area contributed by atoms with Gasteiger partial charge in [0.15, 0.2) is 0 Å². The van der Waals surface area contributed by atoms with Crippen LogP contribution in [-0.2, 0) is 4.79 Å². The molecule has 0 heterocycles. The Kier molecular flexibility index (Phi) is 5.29. The molecule has 0 saturated carbocycles. The van der Waals surface area contributed by atoms with Gasteiger partial charge in [-0.05, 0) is 30.0 Å². The predicted octanol–water partition coefficient (Wildman–Crippen LogP) is 2.42. The second kappa shape index (κ2) is 6.56. The molecule has 0 spiro atoms. The first-order chi connectivity index (χ1) is 9.58. The number of nitrogens with one attached hydrogen (secondary N) is 1. The fourth-order valence-electron chi connectivity index (χ4n) is 2.06. The molecular weight excluding hydrogens is 275 g/mol. The van der Waals surface area contributed by atoms with Gasteiger partial charge in [0.1, 0.15) is 5.82 Å². The van der Waals surface area contributed by atoms with Gasteiger partial charge in [0.2, 0.25) is 0 Å². The van der Waals surface area contributed by atoms with Crippen molar-refractivity contribution in [3.8, 4) is 0 Å². The number of carbonyl (C=O) groups excluding carboxylic acids is 1. The lowest BCUT2D eigenvalue weighted by Crippen LogP contribution is -2.39. The summed E-state index contributed by atoms with van der Waals surface area (Å²) in [5.41, 5.74) is 5.29. The summed E-state index contributed by atoms with van der Waals surface area (Å²) in [6, 6.07) is 3.23. The van der Waals surface area contributed by atoms with E-state index in [0.717, 1.165) is 6.07 Å². The molecule has 1 amide bonds. The molecule has 1 aromatic carbocycles. The molecule has 1 unspecified atom stereocenters. The number of carbonyl (C=O) groups is 2. The summed E-state index contributed by atoms with van der Waals surface area (Å²) in [6.45, 7) is 5.87. The minimum Gasteiger partial charge on any atom is -0.481 e. The van der Waals surface area contributed by atoms with Crippen LogP contribution in [0, 0.1) is 11.2 Å². The first-order valence-electron chi connectivity index (χ1n) is 6.66. The molecule has 0 radical (unpaired) electrons. The van der Waals surface area contributed by atoms with Crippen LogP contribution in [0.25, 0.3) is 0 Å². The smallest absolute Gasteiger partial charge is 0.305 e. The average Bonchev–Trinajstić information content (AvgIpc) is 2.29. The molecule has 6 heteroatoms. The van der Waals surface area contributed by atoms with Crippen LogP contribution in [0.1, 0.15) is 44.0 Å². The van der Waals surface area contributed by atoms with Gasteiger partial charge in [0.05, 0.1) is 12.1 Å². The van der Waals surface area contributed by atoms with Crippen molar-refractivity contribution in [2.24, 2.45) is 5.41 Å². The van der Waals surface area contributed by atoms with Crippen molar-refractivity contribution >= 4 is 17.6 Å². The highest BCUT2D eigenvalue weighted by Gasteiger charge is 2.23. The number of nitrogen functional groups attached to an aromatic ring is 1. The van der Waals surface area contributed by atoms with E-state index in [-0.39, 0.29) is 23.1 Å². The van der Waals surface area contributed by atoms with Crippen LogP contribution < -0.4 is 11.1 Å². The number of hydrogen-bond donors (Lipinski definition) is 3. The van der Waals surface area contributed by atoms with E-state index in [1.165, 1.54) is 12.1 Å². The van der Waals surface area contributed by atoms with E-state index >= 15 is 0 Å². The van der Waals surface area contributed by atoms with Crippen LogP contribution in [0.4, 0.5) is 10.1 Å². The molecule has 0 aromatic heterocycles. The molecule has 0 aliphatic carbocycles. The van der Waals surface area contributed by atoms with Gasteiger partial charge in [0, 0.05) is 11.6 Å². The summed E-state index contributed by atoms with van der Waals surface area (Å²) < 4.78 is 13.4. The van der Waals surface area contributed by atoms with Gasteiger partial charge in [-0.1, -0.05) is 20.8 Å². The molecule has 21 heavy (non-hydrogen) atoms. The molecule has 4 N–H and O–H groups in total. The van der Waals surface area contributed by atoms with E-state index in [1.54, 1.807) is 0 Å². The van der Waals surface area contributed by atoms with Crippen molar-refractivity contribution in [3.05, 3.63) is 29.6 Å². The first-order valence-corrected chi connectivity index (χ1v) is 6.66. The number of hydrogen-bond acceptors (Lipinski definition) is 3. The largest absolute Gasteiger partial charge is 0.481 e. The van der Waals surface area contributed by atoms with Crippen molar-refractivity contribution in [3.63, 3.8) is 0 Å². The van der Waals surface area contributed by atoms with Crippen LogP contribution in [0.3, 0.4) is 0 Å². The van der Waals surface area contributed by atoms with E-state index in [9.17, 15) is 14.0 Å². The van der Waals surface area contributed by atoms with E-state index in [0.29, 0.717) is 6.42 Å². The van der Waals surface area contributed by atoms with Crippen LogP contribution in [0.2, 0.25) is 0 Å². The zero-order valence-electron chi connectivity index (χ0n) is 12.4. The number of benzene rings is 1. The topological polar surface area (TPSA) is 92.4 Å². The van der Waals surface area contributed by atoms with E-state index in [2.05, 4.69) is 5.32 Å². The second-order valence-electron chi connectivity index (χ2n) is 6.27. The highest BCUT2D eigenvalue weighted by Crippen LogP contribution is 2.22. The molecule has 0 saturated heterocycles. The zero-order valence-corrected chi connectivity index (χ0v) is 12.4. The summed E-state index contributed by atoms with van der Waals surface area (Å²) >= 11 is 0. The Morgan fingerprint density at radius 2 is 2.00 bits per heavy atom. The molecule has 1 aromatic rings. The third kappa shape index (κ3) is 5.81. The van der Waals surface area contributed by atoms with Gasteiger partial charge in [0.25, 0.3) is 5.91 Å². The highest BCUT2D eigenvalue weighted by molar-refractivity contribution is 5.95. The van der Waals surface area contributed by atoms with Crippen LogP contribution in [0.5, 0.6) is 0 Å².